The van der Waals surface area contributed by atoms with Gasteiger partial charge in [-0.2, -0.15) is 0 Å². The van der Waals surface area contributed by atoms with E-state index in [1.54, 1.807) is 12.1 Å². The number of nitro groups is 1. The van der Waals surface area contributed by atoms with Crippen molar-refractivity contribution in [2.75, 3.05) is 39.0 Å². The molecule has 1 saturated heterocycles. The predicted molar refractivity (Wildman–Crippen MR) is 128 cm³/mol. The first-order valence-electron chi connectivity index (χ1n) is 12.0. The van der Waals surface area contributed by atoms with Crippen LogP contribution in [0.4, 0.5) is 5.69 Å². The fraction of sp³-hybridized carbons (Fsp3) is 0.708. The molecule has 1 aromatic rings. The minimum atomic E-state index is -0.355. The van der Waals surface area contributed by atoms with Crippen LogP contribution >= 0.6 is 11.8 Å². The molecule has 7 heteroatoms. The second-order valence-corrected chi connectivity index (χ2v) is 9.86. The summed E-state index contributed by atoms with van der Waals surface area (Å²) in [7, 11) is 2.12. The summed E-state index contributed by atoms with van der Waals surface area (Å²) in [5, 5.41) is 11.6. The third-order valence-corrected chi connectivity index (χ3v) is 7.21. The van der Waals surface area contributed by atoms with Crippen molar-refractivity contribution >= 4 is 23.4 Å². The largest absolute Gasteiger partial charge is 0.334 e. The number of rotatable bonds is 14. The molecule has 31 heavy (non-hydrogen) atoms. The predicted octanol–water partition coefficient (Wildman–Crippen LogP) is 4.58. The molecule has 0 radical (unpaired) electrons. The molecule has 1 fully saturated rings. The number of nitrogens with one attached hydrogen (secondary N) is 1. The van der Waals surface area contributed by atoms with Crippen LogP contribution in [-0.4, -0.2) is 54.7 Å². The minimum Gasteiger partial charge on any atom is -0.334 e. The Morgan fingerprint density at radius 2 is 1.61 bits per heavy atom. The van der Waals surface area contributed by atoms with Crippen molar-refractivity contribution in [2.24, 2.45) is 0 Å². The van der Waals surface area contributed by atoms with Crippen molar-refractivity contribution in [1.82, 2.24) is 4.90 Å². The van der Waals surface area contributed by atoms with Crippen molar-refractivity contribution in [3.05, 3.63) is 33.9 Å². The number of nitrogens with zero attached hydrogens (tertiary/aromatic N) is 2. The van der Waals surface area contributed by atoms with Gasteiger partial charge in [0.1, 0.15) is 0 Å². The fourth-order valence-corrected chi connectivity index (χ4v) is 4.97. The standard InChI is InChI=1S/C24H39N3O3S/c1-3-4-5-6-7-8-9-10-11-12-19-31-23-14-13-21(20-22(23)27(29)30)24(28)26-17-15-25(2)16-18-26/h13-14,20H,3-12,15-19H2,1-2H3/p+1. The van der Waals surface area contributed by atoms with E-state index < -0.39 is 0 Å². The summed E-state index contributed by atoms with van der Waals surface area (Å²) in [6.07, 6.45) is 12.8. The van der Waals surface area contributed by atoms with E-state index in [1.165, 1.54) is 80.5 Å². The number of piperazine rings is 1. The molecule has 1 amide bonds. The lowest BCUT2D eigenvalue weighted by Crippen LogP contribution is -3.12. The summed E-state index contributed by atoms with van der Waals surface area (Å²) in [6.45, 7) is 5.48. The molecule has 0 bridgehead atoms. The zero-order chi connectivity index (χ0) is 22.5. The first kappa shape index (κ1) is 25.7. The molecule has 174 valence electrons. The molecular formula is C24H40N3O3S+. The number of likely N-dealkylation sites (N-methyl/N-ethyl adjacent to an activating group) is 1. The molecule has 1 heterocycles. The average molecular weight is 451 g/mol. The number of nitro benzene ring substituents is 1. The first-order valence-corrected chi connectivity index (χ1v) is 13.0. The molecule has 0 atom stereocenters. The van der Waals surface area contributed by atoms with Crippen LogP contribution < -0.4 is 4.90 Å². The van der Waals surface area contributed by atoms with Crippen LogP contribution in [0, 0.1) is 10.1 Å². The highest BCUT2D eigenvalue weighted by Crippen LogP contribution is 2.31. The van der Waals surface area contributed by atoms with Crippen molar-refractivity contribution in [3.63, 3.8) is 0 Å². The van der Waals surface area contributed by atoms with Crippen LogP contribution in [-0.2, 0) is 0 Å². The molecule has 6 nitrogen and oxygen atoms in total. The van der Waals surface area contributed by atoms with Gasteiger partial charge in [-0.25, -0.2) is 0 Å². The number of carbonyl (C=O) groups is 1. The van der Waals surface area contributed by atoms with Gasteiger partial charge in [0, 0.05) is 11.6 Å². The molecule has 2 rings (SSSR count). The maximum absolute atomic E-state index is 12.7. The zero-order valence-electron chi connectivity index (χ0n) is 19.4. The van der Waals surface area contributed by atoms with Gasteiger partial charge in [0.25, 0.3) is 11.6 Å². The number of hydrogen-bond donors (Lipinski definition) is 1. The number of unbranched alkanes of at least 4 members (excludes halogenated alkanes) is 9. The molecule has 0 unspecified atom stereocenters. The number of quaternary nitrogens is 1. The third-order valence-electron chi connectivity index (χ3n) is 6.06. The van der Waals surface area contributed by atoms with Crippen LogP contribution in [0.25, 0.3) is 0 Å². The van der Waals surface area contributed by atoms with E-state index in [0.29, 0.717) is 23.5 Å². The molecule has 1 aliphatic rings. The van der Waals surface area contributed by atoms with Crippen molar-refractivity contribution in [2.45, 2.75) is 76.0 Å². The maximum Gasteiger partial charge on any atom is 0.283 e. The highest BCUT2D eigenvalue weighted by molar-refractivity contribution is 7.99. The Kier molecular flexibility index (Phi) is 12.0. The molecular weight excluding hydrogens is 410 g/mol. The Hall–Kier alpha value is -1.60. The van der Waals surface area contributed by atoms with Gasteiger partial charge in [-0.1, -0.05) is 64.7 Å². The van der Waals surface area contributed by atoms with Crippen LogP contribution in [0.5, 0.6) is 0 Å². The third kappa shape index (κ3) is 9.19. The van der Waals surface area contributed by atoms with E-state index in [0.717, 1.165) is 25.3 Å². The van der Waals surface area contributed by atoms with E-state index in [1.807, 2.05) is 4.90 Å². The molecule has 0 spiro atoms. The molecule has 1 aromatic carbocycles. The molecule has 1 aliphatic heterocycles. The van der Waals surface area contributed by atoms with Gasteiger partial charge < -0.3 is 9.80 Å². The molecule has 1 N–H and O–H groups in total. The Morgan fingerprint density at radius 1 is 1.03 bits per heavy atom. The Morgan fingerprint density at radius 3 is 2.19 bits per heavy atom. The summed E-state index contributed by atoms with van der Waals surface area (Å²) in [5.41, 5.74) is 0.484. The number of hydrogen-bond acceptors (Lipinski definition) is 4. The van der Waals surface area contributed by atoms with Gasteiger partial charge in [0.05, 0.1) is 43.0 Å². The normalized spacial score (nSPS) is 14.7. The van der Waals surface area contributed by atoms with E-state index >= 15 is 0 Å². The molecule has 0 saturated carbocycles. The van der Waals surface area contributed by atoms with Gasteiger partial charge in [0.2, 0.25) is 0 Å². The van der Waals surface area contributed by atoms with Gasteiger partial charge in [-0.15, -0.1) is 11.8 Å². The van der Waals surface area contributed by atoms with E-state index in [-0.39, 0.29) is 16.5 Å². The lowest BCUT2D eigenvalue weighted by molar-refractivity contribution is -0.883. The van der Waals surface area contributed by atoms with E-state index in [9.17, 15) is 14.9 Å². The number of carbonyl (C=O) groups excluding carboxylic acids is 1. The van der Waals surface area contributed by atoms with Gasteiger partial charge in [-0.05, 0) is 24.3 Å². The number of benzene rings is 1. The van der Waals surface area contributed by atoms with Crippen LogP contribution in [0.3, 0.4) is 0 Å². The Bertz CT molecular complexity index is 691. The SMILES string of the molecule is CCCCCCCCCCCCSc1ccc(C(=O)N2CC[NH+](C)CC2)cc1[N+](=O)[O-]. The number of thioether (sulfide) groups is 1. The quantitative estimate of drug-likeness (QED) is 0.195. The Labute approximate surface area is 191 Å². The monoisotopic (exact) mass is 450 g/mol. The van der Waals surface area contributed by atoms with E-state index in [2.05, 4.69) is 14.0 Å². The van der Waals surface area contributed by atoms with Crippen molar-refractivity contribution in [1.29, 1.82) is 0 Å². The highest BCUT2D eigenvalue weighted by atomic mass is 32.2. The highest BCUT2D eigenvalue weighted by Gasteiger charge is 2.25. The summed E-state index contributed by atoms with van der Waals surface area (Å²) >= 11 is 1.54. The average Bonchev–Trinajstić information content (AvgIpc) is 2.77. The first-order chi connectivity index (χ1) is 15.0. The van der Waals surface area contributed by atoms with Gasteiger partial charge >= 0.3 is 0 Å². The minimum absolute atomic E-state index is 0.0580. The summed E-state index contributed by atoms with van der Waals surface area (Å²) < 4.78 is 0. The maximum atomic E-state index is 12.7. The van der Waals surface area contributed by atoms with Gasteiger partial charge in [-0.3, -0.25) is 14.9 Å². The summed E-state index contributed by atoms with van der Waals surface area (Å²) in [4.78, 5) is 27.9. The number of amides is 1. The second-order valence-electron chi connectivity index (χ2n) is 8.72. The lowest BCUT2D eigenvalue weighted by atomic mass is 10.1. The second kappa shape index (κ2) is 14.5. The molecule has 0 aliphatic carbocycles. The lowest BCUT2D eigenvalue weighted by Gasteiger charge is -2.30. The van der Waals surface area contributed by atoms with Crippen molar-refractivity contribution < 1.29 is 14.6 Å². The fourth-order valence-electron chi connectivity index (χ4n) is 3.96. The van der Waals surface area contributed by atoms with Crippen LogP contribution in [0.2, 0.25) is 0 Å². The smallest absolute Gasteiger partial charge is 0.283 e. The van der Waals surface area contributed by atoms with Crippen molar-refractivity contribution in [3.8, 4) is 0 Å². The topological polar surface area (TPSA) is 67.9 Å². The molecule has 0 aromatic heterocycles. The van der Waals surface area contributed by atoms with Gasteiger partial charge in [0.15, 0.2) is 0 Å². The summed E-state index contributed by atoms with van der Waals surface area (Å²) in [6, 6.07) is 4.98. The summed E-state index contributed by atoms with van der Waals surface area (Å²) in [5.74, 6) is 0.785. The van der Waals surface area contributed by atoms with E-state index in [4.69, 9.17) is 0 Å². The zero-order valence-corrected chi connectivity index (χ0v) is 20.2. The van der Waals surface area contributed by atoms with Crippen LogP contribution in [0.15, 0.2) is 23.1 Å². The van der Waals surface area contributed by atoms with Crippen LogP contribution in [0.1, 0.15) is 81.5 Å². The Balaban J connectivity index is 1.74.